The zero-order chi connectivity index (χ0) is 23.2. The van der Waals surface area contributed by atoms with Gasteiger partial charge in [-0.3, -0.25) is 15.2 Å². The van der Waals surface area contributed by atoms with Gasteiger partial charge in [-0.05, 0) is 49.5 Å². The van der Waals surface area contributed by atoms with Crippen molar-refractivity contribution in [2.45, 2.75) is 19.4 Å². The molecule has 2 heterocycles. The van der Waals surface area contributed by atoms with E-state index in [1.54, 1.807) is 13.2 Å². The summed E-state index contributed by atoms with van der Waals surface area (Å²) in [6, 6.07) is 18.1. The van der Waals surface area contributed by atoms with E-state index in [2.05, 4.69) is 35.2 Å². The van der Waals surface area contributed by atoms with E-state index < -0.39 is 0 Å². The average Bonchev–Trinajstić information content (AvgIpc) is 2.83. The summed E-state index contributed by atoms with van der Waals surface area (Å²) in [5, 5.41) is 7.74. The number of carbonyl (C=O) groups is 1. The third kappa shape index (κ3) is 5.92. The van der Waals surface area contributed by atoms with Gasteiger partial charge in [-0.25, -0.2) is 4.79 Å². The summed E-state index contributed by atoms with van der Waals surface area (Å²) in [5.74, 6) is 0.758. The average molecular weight is 450 g/mol. The number of nitrogens with zero attached hydrogens (tertiary/aromatic N) is 3. The van der Waals surface area contributed by atoms with Crippen LogP contribution in [0.15, 0.2) is 54.6 Å². The molecule has 1 atom stereocenters. The molecule has 2 aromatic carbocycles. The minimum absolute atomic E-state index is 0.00821. The van der Waals surface area contributed by atoms with Gasteiger partial charge in [0.05, 0.1) is 6.61 Å². The molecule has 7 nitrogen and oxygen atoms in total. The van der Waals surface area contributed by atoms with Crippen LogP contribution in [0.5, 0.6) is 0 Å². The fourth-order valence-corrected chi connectivity index (χ4v) is 4.99. The number of urea groups is 1. The summed E-state index contributed by atoms with van der Waals surface area (Å²) < 4.78 is 5.45. The van der Waals surface area contributed by atoms with Crippen molar-refractivity contribution in [2.24, 2.45) is 17.6 Å². The molecule has 2 aromatic rings. The Balaban J connectivity index is 1.39. The molecule has 2 aliphatic rings. The summed E-state index contributed by atoms with van der Waals surface area (Å²) in [7, 11) is 1.71. The number of rotatable bonds is 8. The number of nitrogens with two attached hydrogens (primary N) is 1. The van der Waals surface area contributed by atoms with Crippen LogP contribution in [-0.4, -0.2) is 68.1 Å². The zero-order valence-electron chi connectivity index (χ0n) is 19.5. The lowest BCUT2D eigenvalue weighted by Gasteiger charge is -2.42. The van der Waals surface area contributed by atoms with Crippen LogP contribution in [-0.2, 0) is 11.3 Å². The van der Waals surface area contributed by atoms with E-state index in [9.17, 15) is 4.79 Å². The van der Waals surface area contributed by atoms with Gasteiger partial charge in [-0.2, -0.15) is 0 Å². The normalized spacial score (nSPS) is 20.3. The van der Waals surface area contributed by atoms with Crippen LogP contribution < -0.4 is 10.6 Å². The first kappa shape index (κ1) is 23.3. The molecule has 2 amide bonds. The zero-order valence-corrected chi connectivity index (χ0v) is 19.5. The van der Waals surface area contributed by atoms with E-state index >= 15 is 0 Å². The van der Waals surface area contributed by atoms with Gasteiger partial charge in [0.15, 0.2) is 0 Å². The minimum Gasteiger partial charge on any atom is -0.384 e. The van der Waals surface area contributed by atoms with Crippen LogP contribution in [0.25, 0.3) is 0 Å². The van der Waals surface area contributed by atoms with Crippen molar-refractivity contribution >= 4 is 17.6 Å². The second kappa shape index (κ2) is 10.8. The molecule has 3 N–H and O–H groups in total. The molecule has 0 spiro atoms. The maximum atomic E-state index is 13.5. The Kier molecular flexibility index (Phi) is 7.62. The number of anilines is 1. The SMILES string of the molecule is COCC1CN(CC2CCN(Cc3ccccc3)CC2)C(=O)N(c2cccc(C(=N)N)c2)C1. The summed E-state index contributed by atoms with van der Waals surface area (Å²) in [6.45, 7) is 5.84. The first-order chi connectivity index (χ1) is 16.0. The summed E-state index contributed by atoms with van der Waals surface area (Å²) in [4.78, 5) is 19.8. The molecule has 2 fully saturated rings. The van der Waals surface area contributed by atoms with Gasteiger partial charge < -0.3 is 15.4 Å². The van der Waals surface area contributed by atoms with Gasteiger partial charge >= 0.3 is 6.03 Å². The Morgan fingerprint density at radius 1 is 1.06 bits per heavy atom. The predicted molar refractivity (Wildman–Crippen MR) is 132 cm³/mol. The number of amides is 2. The molecule has 0 bridgehead atoms. The lowest BCUT2D eigenvalue weighted by molar-refractivity contribution is 0.0986. The van der Waals surface area contributed by atoms with Gasteiger partial charge in [-0.1, -0.05) is 42.5 Å². The van der Waals surface area contributed by atoms with Gasteiger partial charge in [-0.15, -0.1) is 0 Å². The van der Waals surface area contributed by atoms with Gasteiger partial charge in [0.2, 0.25) is 0 Å². The largest absolute Gasteiger partial charge is 0.384 e. The van der Waals surface area contributed by atoms with E-state index in [4.69, 9.17) is 15.9 Å². The topological polar surface area (TPSA) is 85.9 Å². The number of nitrogen functional groups attached to an aromatic ring is 1. The highest BCUT2D eigenvalue weighted by Crippen LogP contribution is 2.27. The van der Waals surface area contributed by atoms with Crippen LogP contribution in [0.4, 0.5) is 10.5 Å². The Bertz CT molecular complexity index is 943. The second-order valence-corrected chi connectivity index (χ2v) is 9.29. The Morgan fingerprint density at radius 2 is 1.82 bits per heavy atom. The highest BCUT2D eigenvalue weighted by atomic mass is 16.5. The molecule has 176 valence electrons. The minimum atomic E-state index is 0.00821. The molecule has 0 aliphatic carbocycles. The molecule has 2 saturated heterocycles. The lowest BCUT2D eigenvalue weighted by atomic mass is 9.94. The number of ether oxygens (including phenoxy) is 1. The molecule has 7 heteroatoms. The number of likely N-dealkylation sites (tertiary alicyclic amines) is 1. The van der Waals surface area contributed by atoms with Crippen LogP contribution in [0.1, 0.15) is 24.0 Å². The fourth-order valence-electron chi connectivity index (χ4n) is 4.99. The number of methoxy groups -OCH3 is 1. The van der Waals surface area contributed by atoms with E-state index in [0.29, 0.717) is 24.6 Å². The third-order valence-electron chi connectivity index (χ3n) is 6.73. The lowest BCUT2D eigenvalue weighted by Crippen LogP contribution is -2.56. The van der Waals surface area contributed by atoms with Crippen molar-refractivity contribution in [3.05, 3.63) is 65.7 Å². The molecule has 2 aliphatic heterocycles. The Hall–Kier alpha value is -2.90. The number of hydrogen-bond acceptors (Lipinski definition) is 4. The third-order valence-corrected chi connectivity index (χ3v) is 6.73. The van der Waals surface area contributed by atoms with E-state index in [-0.39, 0.29) is 17.8 Å². The van der Waals surface area contributed by atoms with Crippen LogP contribution in [0.2, 0.25) is 0 Å². The number of piperidine rings is 1. The molecule has 0 saturated carbocycles. The standard InChI is InChI=1S/C26H35N5O2/c1-33-19-22-17-30(26(32)31(18-22)24-9-5-8-23(14-24)25(27)28)16-21-10-12-29(13-11-21)15-20-6-3-2-4-7-20/h2-9,14,21-22H,10-13,15-19H2,1H3,(H3,27,28). The maximum absolute atomic E-state index is 13.5. The van der Waals surface area contributed by atoms with Crippen molar-refractivity contribution in [2.75, 3.05) is 51.3 Å². The smallest absolute Gasteiger partial charge is 0.324 e. The summed E-state index contributed by atoms with van der Waals surface area (Å²) >= 11 is 0. The number of benzene rings is 2. The van der Waals surface area contributed by atoms with E-state index in [1.165, 1.54) is 5.56 Å². The van der Waals surface area contributed by atoms with E-state index in [1.807, 2.05) is 28.0 Å². The number of carbonyl (C=O) groups excluding carboxylic acids is 1. The quantitative estimate of drug-likeness (QED) is 0.478. The van der Waals surface area contributed by atoms with Crippen LogP contribution in [0.3, 0.4) is 0 Å². The monoisotopic (exact) mass is 449 g/mol. The molecule has 1 unspecified atom stereocenters. The summed E-state index contributed by atoms with van der Waals surface area (Å²) in [5.41, 5.74) is 8.45. The Labute approximate surface area is 196 Å². The van der Waals surface area contributed by atoms with Gasteiger partial charge in [0, 0.05) is 50.5 Å². The Morgan fingerprint density at radius 3 is 2.52 bits per heavy atom. The highest BCUT2D eigenvalue weighted by molar-refractivity contribution is 5.98. The van der Waals surface area contributed by atoms with Gasteiger partial charge in [0.1, 0.15) is 5.84 Å². The molecule has 4 rings (SSSR count). The van der Waals surface area contributed by atoms with Crippen molar-refractivity contribution in [3.63, 3.8) is 0 Å². The predicted octanol–water partition coefficient (Wildman–Crippen LogP) is 3.39. The highest BCUT2D eigenvalue weighted by Gasteiger charge is 2.34. The van der Waals surface area contributed by atoms with E-state index in [0.717, 1.165) is 51.3 Å². The maximum Gasteiger partial charge on any atom is 0.324 e. The van der Waals surface area contributed by atoms with Crippen molar-refractivity contribution in [1.29, 1.82) is 5.41 Å². The fraction of sp³-hybridized carbons (Fsp3) is 0.462. The first-order valence-corrected chi connectivity index (χ1v) is 11.8. The van der Waals surface area contributed by atoms with Crippen LogP contribution in [0, 0.1) is 17.2 Å². The molecular formula is C26H35N5O2. The number of nitrogens with one attached hydrogen (secondary N) is 1. The van der Waals surface area contributed by atoms with Crippen molar-refractivity contribution in [1.82, 2.24) is 9.80 Å². The van der Waals surface area contributed by atoms with Crippen LogP contribution >= 0.6 is 0 Å². The van der Waals surface area contributed by atoms with Crippen molar-refractivity contribution in [3.8, 4) is 0 Å². The second-order valence-electron chi connectivity index (χ2n) is 9.29. The molecule has 0 aromatic heterocycles. The van der Waals surface area contributed by atoms with Crippen molar-refractivity contribution < 1.29 is 9.53 Å². The molecular weight excluding hydrogens is 414 g/mol. The number of amidine groups is 1. The number of hydrogen-bond donors (Lipinski definition) is 2. The van der Waals surface area contributed by atoms with Gasteiger partial charge in [0.25, 0.3) is 0 Å². The molecule has 0 radical (unpaired) electrons. The first-order valence-electron chi connectivity index (χ1n) is 11.8. The molecule has 33 heavy (non-hydrogen) atoms. The summed E-state index contributed by atoms with van der Waals surface area (Å²) in [6.07, 6.45) is 2.21.